The zero-order chi connectivity index (χ0) is 26.1. The van der Waals surface area contributed by atoms with E-state index in [9.17, 15) is 19.8 Å². The molecule has 37 heavy (non-hydrogen) atoms. The third kappa shape index (κ3) is 4.65. The summed E-state index contributed by atoms with van der Waals surface area (Å²) in [4.78, 5) is 28.2. The lowest BCUT2D eigenvalue weighted by Gasteiger charge is -2.26. The number of amides is 1. The number of phenols is 1. The number of aliphatic hydroxyl groups excluding tert-OH is 1. The first-order valence-corrected chi connectivity index (χ1v) is 12.5. The van der Waals surface area contributed by atoms with Crippen LogP contribution in [0.1, 0.15) is 42.1 Å². The Labute approximate surface area is 215 Å². The van der Waals surface area contributed by atoms with Crippen molar-refractivity contribution in [2.75, 3.05) is 13.2 Å². The van der Waals surface area contributed by atoms with Crippen molar-refractivity contribution < 1.29 is 29.3 Å². The molecule has 2 aliphatic rings. The Bertz CT molecular complexity index is 1380. The molecule has 2 heterocycles. The fraction of sp³-hybridized carbons (Fsp3) is 0.267. The summed E-state index contributed by atoms with van der Waals surface area (Å²) in [7, 11) is 0. The highest BCUT2D eigenvalue weighted by atomic mass is 16.5. The molecule has 2 unspecified atom stereocenters. The van der Waals surface area contributed by atoms with Crippen LogP contribution < -0.4 is 9.47 Å². The van der Waals surface area contributed by atoms with Gasteiger partial charge in [0, 0.05) is 18.5 Å². The maximum absolute atomic E-state index is 13.4. The topological polar surface area (TPSA) is 96.3 Å². The summed E-state index contributed by atoms with van der Waals surface area (Å²) in [6, 6.07) is 18.9. The zero-order valence-corrected chi connectivity index (χ0v) is 20.8. The molecule has 2 N–H and O–H groups in total. The molecule has 5 rings (SSSR count). The molecule has 1 amide bonds. The van der Waals surface area contributed by atoms with Gasteiger partial charge in [-0.2, -0.15) is 0 Å². The number of fused-ring (bicyclic) bond motifs is 1. The highest BCUT2D eigenvalue weighted by Gasteiger charge is 2.46. The lowest BCUT2D eigenvalue weighted by molar-refractivity contribution is -0.139. The maximum Gasteiger partial charge on any atom is 0.295 e. The number of aromatic hydroxyl groups is 1. The van der Waals surface area contributed by atoms with Gasteiger partial charge in [-0.15, -0.1) is 0 Å². The minimum atomic E-state index is -0.841. The van der Waals surface area contributed by atoms with E-state index in [-0.39, 0.29) is 35.5 Å². The third-order valence-corrected chi connectivity index (χ3v) is 6.79. The molecule has 190 valence electrons. The molecule has 0 aliphatic carbocycles. The Morgan fingerprint density at radius 2 is 1.86 bits per heavy atom. The van der Waals surface area contributed by atoms with Gasteiger partial charge in [0.1, 0.15) is 17.6 Å². The van der Waals surface area contributed by atoms with E-state index in [0.717, 1.165) is 16.9 Å². The van der Waals surface area contributed by atoms with E-state index in [1.165, 1.54) is 11.0 Å². The van der Waals surface area contributed by atoms with Crippen LogP contribution in [0.4, 0.5) is 0 Å². The largest absolute Gasteiger partial charge is 0.507 e. The first-order valence-electron chi connectivity index (χ1n) is 12.5. The van der Waals surface area contributed by atoms with Gasteiger partial charge in [0.2, 0.25) is 0 Å². The molecule has 0 radical (unpaired) electrons. The van der Waals surface area contributed by atoms with Crippen LogP contribution in [-0.4, -0.2) is 46.1 Å². The Hall–Kier alpha value is -4.26. The summed E-state index contributed by atoms with van der Waals surface area (Å²) in [6.07, 6.45) is 1.26. The van der Waals surface area contributed by atoms with Gasteiger partial charge in [-0.3, -0.25) is 9.59 Å². The summed E-state index contributed by atoms with van der Waals surface area (Å²) in [5.74, 6) is -0.696. The lowest BCUT2D eigenvalue weighted by atomic mass is 9.94. The molecule has 3 aromatic carbocycles. The van der Waals surface area contributed by atoms with Crippen LogP contribution in [0.25, 0.3) is 5.76 Å². The van der Waals surface area contributed by atoms with E-state index in [2.05, 4.69) is 0 Å². The van der Waals surface area contributed by atoms with E-state index in [0.29, 0.717) is 30.6 Å². The SMILES string of the molecule is CCOc1cc(C2/C(=C(\O)c3ccc4c(c3)CC(C)O4)C(=O)C(=O)N2CCc2ccccc2)ccc1O. The van der Waals surface area contributed by atoms with E-state index in [1.54, 1.807) is 31.2 Å². The first kappa shape index (κ1) is 24.4. The normalized spacial score (nSPS) is 20.1. The number of hydrogen-bond donors (Lipinski definition) is 2. The second-order valence-corrected chi connectivity index (χ2v) is 9.34. The lowest BCUT2D eigenvalue weighted by Crippen LogP contribution is -2.31. The van der Waals surface area contributed by atoms with Crippen LogP contribution >= 0.6 is 0 Å². The van der Waals surface area contributed by atoms with E-state index in [1.807, 2.05) is 43.3 Å². The van der Waals surface area contributed by atoms with Crippen molar-refractivity contribution in [1.29, 1.82) is 0 Å². The standard InChI is InChI=1S/C30H29NO6/c1-3-36-25-17-20(9-11-23(25)32)27-26(28(33)21-10-12-24-22(16-21)15-18(2)37-24)29(34)30(35)31(27)14-13-19-7-5-4-6-8-19/h4-12,16-18,27,32-33H,3,13-15H2,1-2H3/b28-26+. The smallest absolute Gasteiger partial charge is 0.295 e. The quantitative estimate of drug-likeness (QED) is 0.276. The van der Waals surface area contributed by atoms with Crippen LogP contribution in [0, 0.1) is 0 Å². The Balaban J connectivity index is 1.60. The molecule has 1 fully saturated rings. The number of rotatable bonds is 7. The highest BCUT2D eigenvalue weighted by molar-refractivity contribution is 6.46. The van der Waals surface area contributed by atoms with Crippen molar-refractivity contribution in [1.82, 2.24) is 4.90 Å². The summed E-state index contributed by atoms with van der Waals surface area (Å²) < 4.78 is 11.3. The van der Waals surface area contributed by atoms with Crippen LogP contribution in [0.15, 0.2) is 72.3 Å². The average molecular weight is 500 g/mol. The number of hydrogen-bond acceptors (Lipinski definition) is 6. The van der Waals surface area contributed by atoms with E-state index in [4.69, 9.17) is 9.47 Å². The molecule has 2 aliphatic heterocycles. The number of likely N-dealkylation sites (tertiary alicyclic amines) is 1. The predicted octanol–water partition coefficient (Wildman–Crippen LogP) is 4.78. The van der Waals surface area contributed by atoms with Gasteiger partial charge in [0.05, 0.1) is 18.2 Å². The minimum Gasteiger partial charge on any atom is -0.507 e. The van der Waals surface area contributed by atoms with Crippen molar-refractivity contribution in [2.24, 2.45) is 0 Å². The molecule has 3 aromatic rings. The number of ether oxygens (including phenoxy) is 2. The van der Waals surface area contributed by atoms with E-state index >= 15 is 0 Å². The van der Waals surface area contributed by atoms with Crippen LogP contribution in [0.2, 0.25) is 0 Å². The van der Waals surface area contributed by atoms with Gasteiger partial charge in [0.25, 0.3) is 11.7 Å². The summed E-state index contributed by atoms with van der Waals surface area (Å²) in [6.45, 7) is 4.38. The molecule has 1 saturated heterocycles. The predicted molar refractivity (Wildman–Crippen MR) is 139 cm³/mol. The summed E-state index contributed by atoms with van der Waals surface area (Å²) in [5.41, 5.74) is 2.99. The first-order chi connectivity index (χ1) is 17.9. The van der Waals surface area contributed by atoms with Gasteiger partial charge in [-0.05, 0) is 67.3 Å². The number of benzene rings is 3. The Kier molecular flexibility index (Phi) is 6.61. The molecule has 0 bridgehead atoms. The van der Waals surface area contributed by atoms with Crippen LogP contribution in [-0.2, 0) is 22.4 Å². The van der Waals surface area contributed by atoms with Gasteiger partial charge < -0.3 is 24.6 Å². The van der Waals surface area contributed by atoms with Crippen LogP contribution in [0.3, 0.4) is 0 Å². The number of Topliss-reactive ketones (excluding diaryl/α,β-unsaturated/α-hetero) is 1. The highest BCUT2D eigenvalue weighted by Crippen LogP contribution is 2.42. The number of aliphatic hydroxyl groups is 1. The molecular weight excluding hydrogens is 470 g/mol. The molecule has 0 aromatic heterocycles. The molecule has 0 saturated carbocycles. The fourth-order valence-corrected chi connectivity index (χ4v) is 5.05. The molecule has 7 nitrogen and oxygen atoms in total. The maximum atomic E-state index is 13.4. The number of carbonyl (C=O) groups is 2. The summed E-state index contributed by atoms with van der Waals surface area (Å²) in [5, 5.41) is 21.7. The third-order valence-electron chi connectivity index (χ3n) is 6.79. The van der Waals surface area contributed by atoms with Crippen molar-refractivity contribution in [2.45, 2.75) is 38.8 Å². The van der Waals surface area contributed by atoms with Gasteiger partial charge in [-0.25, -0.2) is 0 Å². The van der Waals surface area contributed by atoms with Gasteiger partial charge >= 0.3 is 0 Å². The molecule has 2 atom stereocenters. The van der Waals surface area contributed by atoms with Gasteiger partial charge in [-0.1, -0.05) is 36.4 Å². The van der Waals surface area contributed by atoms with Crippen molar-refractivity contribution in [3.05, 3.63) is 94.6 Å². The second kappa shape index (κ2) is 10.0. The zero-order valence-electron chi connectivity index (χ0n) is 20.8. The molecule has 0 spiro atoms. The van der Waals surface area contributed by atoms with Crippen molar-refractivity contribution in [3.8, 4) is 17.2 Å². The number of phenolic OH excluding ortho intramolecular Hbond substituents is 1. The van der Waals surface area contributed by atoms with Crippen LogP contribution in [0.5, 0.6) is 17.2 Å². The molecular formula is C30H29NO6. The van der Waals surface area contributed by atoms with Gasteiger partial charge in [0.15, 0.2) is 11.5 Å². The fourth-order valence-electron chi connectivity index (χ4n) is 5.05. The summed E-state index contributed by atoms with van der Waals surface area (Å²) >= 11 is 0. The average Bonchev–Trinajstić information content (AvgIpc) is 3.39. The number of nitrogens with zero attached hydrogens (tertiary/aromatic N) is 1. The van der Waals surface area contributed by atoms with E-state index < -0.39 is 17.7 Å². The van der Waals surface area contributed by atoms with Crippen molar-refractivity contribution >= 4 is 17.4 Å². The van der Waals surface area contributed by atoms with Crippen molar-refractivity contribution in [3.63, 3.8) is 0 Å². The minimum absolute atomic E-state index is 0.0121. The Morgan fingerprint density at radius 3 is 2.62 bits per heavy atom. The Morgan fingerprint density at radius 1 is 1.08 bits per heavy atom. The number of ketones is 1. The second-order valence-electron chi connectivity index (χ2n) is 9.34. The number of carbonyl (C=O) groups excluding carboxylic acids is 2. The monoisotopic (exact) mass is 499 g/mol. The molecule has 7 heteroatoms.